The van der Waals surface area contributed by atoms with E-state index in [1.165, 1.54) is 6.42 Å². The zero-order chi connectivity index (χ0) is 25.3. The quantitative estimate of drug-likeness (QED) is 0.463. The van der Waals surface area contributed by atoms with Crippen LogP contribution in [0.3, 0.4) is 0 Å². The minimum absolute atomic E-state index is 0.111. The molecular formula is C29H33N3O4. The normalized spacial score (nSPS) is 14.5. The fraction of sp³-hybridized carbons (Fsp3) is 0.345. The van der Waals surface area contributed by atoms with Crippen LogP contribution in [0.5, 0.6) is 11.5 Å². The van der Waals surface area contributed by atoms with Crippen molar-refractivity contribution in [3.8, 4) is 11.5 Å². The monoisotopic (exact) mass is 487 g/mol. The second kappa shape index (κ2) is 12.2. The van der Waals surface area contributed by atoms with Crippen molar-refractivity contribution >= 4 is 11.8 Å². The van der Waals surface area contributed by atoms with Crippen molar-refractivity contribution in [2.75, 3.05) is 14.2 Å². The summed E-state index contributed by atoms with van der Waals surface area (Å²) in [6, 6.07) is 19.3. The van der Waals surface area contributed by atoms with E-state index >= 15 is 0 Å². The average molecular weight is 488 g/mol. The molecule has 3 aromatic rings. The number of nitrogens with zero attached hydrogens (tertiary/aromatic N) is 2. The Balaban J connectivity index is 1.73. The number of rotatable bonds is 9. The number of hydrogen-bond donors (Lipinski definition) is 1. The number of carbonyl (C=O) groups excluding carboxylic acids is 2. The van der Waals surface area contributed by atoms with Gasteiger partial charge in [-0.25, -0.2) is 0 Å². The van der Waals surface area contributed by atoms with Gasteiger partial charge >= 0.3 is 0 Å². The summed E-state index contributed by atoms with van der Waals surface area (Å²) in [6.07, 6.45) is 6.88. The van der Waals surface area contributed by atoms with E-state index in [4.69, 9.17) is 9.47 Å². The first-order valence-corrected chi connectivity index (χ1v) is 12.4. The maximum Gasteiger partial charge on any atom is 0.273 e. The van der Waals surface area contributed by atoms with Gasteiger partial charge in [-0.2, -0.15) is 0 Å². The van der Waals surface area contributed by atoms with Gasteiger partial charge < -0.3 is 19.7 Å². The molecule has 1 aliphatic rings. The molecule has 7 heteroatoms. The van der Waals surface area contributed by atoms with E-state index in [9.17, 15) is 9.59 Å². The van der Waals surface area contributed by atoms with Gasteiger partial charge in [0.25, 0.3) is 5.91 Å². The molecule has 1 atom stereocenters. The highest BCUT2D eigenvalue weighted by Crippen LogP contribution is 2.29. The van der Waals surface area contributed by atoms with Crippen molar-refractivity contribution in [1.82, 2.24) is 15.2 Å². The van der Waals surface area contributed by atoms with Crippen LogP contribution in [0.25, 0.3) is 0 Å². The van der Waals surface area contributed by atoms with Crippen LogP contribution in [-0.2, 0) is 11.3 Å². The van der Waals surface area contributed by atoms with Crippen molar-refractivity contribution in [2.24, 2.45) is 0 Å². The summed E-state index contributed by atoms with van der Waals surface area (Å²) < 4.78 is 10.6. The average Bonchev–Trinajstić information content (AvgIpc) is 2.94. The Morgan fingerprint density at radius 3 is 2.14 bits per heavy atom. The Labute approximate surface area is 212 Å². The number of carbonyl (C=O) groups is 2. The number of benzene rings is 2. The Hall–Kier alpha value is -3.87. The van der Waals surface area contributed by atoms with Gasteiger partial charge in [-0.15, -0.1) is 0 Å². The van der Waals surface area contributed by atoms with Gasteiger partial charge in [0, 0.05) is 18.8 Å². The van der Waals surface area contributed by atoms with Gasteiger partial charge in [-0.1, -0.05) is 49.6 Å². The van der Waals surface area contributed by atoms with Crippen LogP contribution in [0.15, 0.2) is 72.9 Å². The molecule has 0 unspecified atom stereocenters. The third kappa shape index (κ3) is 6.22. The molecule has 0 saturated heterocycles. The zero-order valence-electron chi connectivity index (χ0n) is 20.9. The highest BCUT2D eigenvalue weighted by atomic mass is 16.5. The van der Waals surface area contributed by atoms with Crippen molar-refractivity contribution in [3.05, 3.63) is 89.7 Å². The predicted octanol–water partition coefficient (Wildman–Crippen LogP) is 4.93. The third-order valence-electron chi connectivity index (χ3n) is 6.60. The summed E-state index contributed by atoms with van der Waals surface area (Å²) in [6.45, 7) is 0.230. The van der Waals surface area contributed by atoms with Crippen LogP contribution in [0.4, 0.5) is 0 Å². The van der Waals surface area contributed by atoms with Crippen LogP contribution in [0.1, 0.15) is 59.8 Å². The molecule has 4 rings (SSSR count). The molecule has 1 heterocycles. The Morgan fingerprint density at radius 1 is 0.917 bits per heavy atom. The zero-order valence-corrected chi connectivity index (χ0v) is 20.9. The predicted molar refractivity (Wildman–Crippen MR) is 138 cm³/mol. The summed E-state index contributed by atoms with van der Waals surface area (Å²) in [4.78, 5) is 33.6. The summed E-state index contributed by atoms with van der Waals surface area (Å²) in [5.41, 5.74) is 1.88. The van der Waals surface area contributed by atoms with Gasteiger partial charge in [0.15, 0.2) is 0 Å². The molecule has 0 aliphatic heterocycles. The molecule has 1 aliphatic carbocycles. The lowest BCUT2D eigenvalue weighted by Crippen LogP contribution is -2.47. The van der Waals surface area contributed by atoms with Crippen LogP contribution in [-0.4, -0.2) is 42.0 Å². The number of pyridine rings is 1. The maximum absolute atomic E-state index is 13.9. The molecular weight excluding hydrogens is 454 g/mol. The summed E-state index contributed by atoms with van der Waals surface area (Å²) in [5.74, 6) is 0.905. The van der Waals surface area contributed by atoms with E-state index < -0.39 is 6.04 Å². The standard InChI is InChI=1S/C29H33N3O4/c1-35-24-15-11-21(12-16-24)20-32(29(34)26-10-6-7-19-30-26)27(22-13-17-25(36-2)18-14-22)28(33)31-23-8-4-3-5-9-23/h6-7,10-19,23,27H,3-5,8-9,20H2,1-2H3,(H,31,33)/t27-/m0/s1. The lowest BCUT2D eigenvalue weighted by molar-refractivity contribution is -0.127. The molecule has 1 saturated carbocycles. The third-order valence-corrected chi connectivity index (χ3v) is 6.60. The van der Waals surface area contributed by atoms with Gasteiger partial charge in [-0.3, -0.25) is 14.6 Å². The molecule has 0 spiro atoms. The number of amides is 2. The number of nitrogens with one attached hydrogen (secondary N) is 1. The summed E-state index contributed by atoms with van der Waals surface area (Å²) in [5, 5.41) is 3.23. The fourth-order valence-corrected chi connectivity index (χ4v) is 4.63. The summed E-state index contributed by atoms with van der Waals surface area (Å²) in [7, 11) is 3.21. The van der Waals surface area contributed by atoms with E-state index in [-0.39, 0.29) is 30.1 Å². The summed E-state index contributed by atoms with van der Waals surface area (Å²) >= 11 is 0. The molecule has 2 amide bonds. The van der Waals surface area contributed by atoms with Crippen molar-refractivity contribution in [1.29, 1.82) is 0 Å². The second-order valence-electron chi connectivity index (χ2n) is 9.02. The Bertz CT molecular complexity index is 1130. The van der Waals surface area contributed by atoms with E-state index in [0.29, 0.717) is 11.3 Å². The first-order valence-electron chi connectivity index (χ1n) is 12.4. The molecule has 7 nitrogen and oxygen atoms in total. The molecule has 1 N–H and O–H groups in total. The molecule has 2 aromatic carbocycles. The Kier molecular flexibility index (Phi) is 8.55. The van der Waals surface area contributed by atoms with E-state index in [2.05, 4.69) is 10.3 Å². The first-order chi connectivity index (χ1) is 17.6. The van der Waals surface area contributed by atoms with E-state index in [0.717, 1.165) is 37.0 Å². The van der Waals surface area contributed by atoms with Crippen molar-refractivity contribution in [2.45, 2.75) is 50.7 Å². The maximum atomic E-state index is 13.9. The fourth-order valence-electron chi connectivity index (χ4n) is 4.63. The van der Waals surface area contributed by atoms with E-state index in [1.807, 2.05) is 48.5 Å². The SMILES string of the molecule is COc1ccc(CN(C(=O)c2ccccn2)[C@H](C(=O)NC2CCCCC2)c2ccc(OC)cc2)cc1. The topological polar surface area (TPSA) is 80.8 Å². The minimum atomic E-state index is -0.838. The van der Waals surface area contributed by atoms with Crippen LogP contribution < -0.4 is 14.8 Å². The molecule has 188 valence electrons. The molecule has 0 radical (unpaired) electrons. The molecule has 1 fully saturated rings. The van der Waals surface area contributed by atoms with Gasteiger partial charge in [-0.05, 0) is 60.4 Å². The van der Waals surface area contributed by atoms with Gasteiger partial charge in [0.05, 0.1) is 14.2 Å². The highest BCUT2D eigenvalue weighted by molar-refractivity contribution is 5.96. The minimum Gasteiger partial charge on any atom is -0.497 e. The first kappa shape index (κ1) is 25.2. The molecule has 1 aromatic heterocycles. The highest BCUT2D eigenvalue weighted by Gasteiger charge is 2.34. The van der Waals surface area contributed by atoms with Crippen LogP contribution in [0, 0.1) is 0 Å². The van der Waals surface area contributed by atoms with E-state index in [1.54, 1.807) is 43.5 Å². The largest absolute Gasteiger partial charge is 0.497 e. The van der Waals surface area contributed by atoms with Crippen LogP contribution >= 0.6 is 0 Å². The number of hydrogen-bond acceptors (Lipinski definition) is 5. The van der Waals surface area contributed by atoms with Crippen molar-refractivity contribution in [3.63, 3.8) is 0 Å². The molecule has 0 bridgehead atoms. The lowest BCUT2D eigenvalue weighted by Gasteiger charge is -2.33. The van der Waals surface area contributed by atoms with Gasteiger partial charge in [0.1, 0.15) is 23.2 Å². The van der Waals surface area contributed by atoms with Crippen LogP contribution in [0.2, 0.25) is 0 Å². The molecule has 36 heavy (non-hydrogen) atoms. The number of methoxy groups -OCH3 is 2. The Morgan fingerprint density at radius 2 is 1.56 bits per heavy atom. The lowest BCUT2D eigenvalue weighted by atomic mass is 9.94. The second-order valence-corrected chi connectivity index (χ2v) is 9.02. The number of aromatic nitrogens is 1. The van der Waals surface area contributed by atoms with Crippen molar-refractivity contribution < 1.29 is 19.1 Å². The number of ether oxygens (including phenoxy) is 2. The smallest absolute Gasteiger partial charge is 0.273 e. The van der Waals surface area contributed by atoms with Gasteiger partial charge in [0.2, 0.25) is 5.91 Å².